The van der Waals surface area contributed by atoms with Gasteiger partial charge in [0.1, 0.15) is 36.2 Å². The third-order valence-electron chi connectivity index (χ3n) is 6.71. The Hall–Kier alpha value is -4.25. The Morgan fingerprint density at radius 3 is 2.78 bits per heavy atom. The van der Waals surface area contributed by atoms with Gasteiger partial charge in [-0.1, -0.05) is 43.9 Å². The summed E-state index contributed by atoms with van der Waals surface area (Å²) in [6.07, 6.45) is 8.80. The molecule has 1 aliphatic heterocycles. The number of aliphatic hydroxyl groups excluding tert-OH is 1. The minimum Gasteiger partial charge on any atom is -0.506 e. The van der Waals surface area contributed by atoms with E-state index in [1.54, 1.807) is 31.2 Å². The maximum absolute atomic E-state index is 14.3. The first-order valence-electron chi connectivity index (χ1n) is 13.2. The molecular formula is C30H36F3N5O3. The second-order valence-corrected chi connectivity index (χ2v) is 9.47. The van der Waals surface area contributed by atoms with Crippen molar-refractivity contribution in [3.63, 3.8) is 0 Å². The molecule has 220 valence electrons. The Balaban J connectivity index is 2.18. The van der Waals surface area contributed by atoms with Gasteiger partial charge < -0.3 is 31.6 Å². The van der Waals surface area contributed by atoms with Crippen molar-refractivity contribution in [1.82, 2.24) is 10.6 Å². The van der Waals surface area contributed by atoms with E-state index < -0.39 is 36.5 Å². The van der Waals surface area contributed by atoms with E-state index in [1.165, 1.54) is 12.2 Å². The number of aliphatic hydroxyl groups is 1. The number of nitrogens with one attached hydrogen (secondary N) is 2. The molecule has 8 nitrogen and oxygen atoms in total. The zero-order valence-electron chi connectivity index (χ0n) is 23.3. The molecule has 0 fully saturated rings. The van der Waals surface area contributed by atoms with Crippen molar-refractivity contribution in [1.29, 1.82) is 0 Å². The first-order valence-corrected chi connectivity index (χ1v) is 13.2. The van der Waals surface area contributed by atoms with Crippen LogP contribution in [-0.2, 0) is 0 Å². The summed E-state index contributed by atoms with van der Waals surface area (Å²) in [4.78, 5) is 17.8. The molecule has 41 heavy (non-hydrogen) atoms. The number of amidine groups is 1. The molecule has 7 N–H and O–H groups in total. The van der Waals surface area contributed by atoms with E-state index in [-0.39, 0.29) is 57.5 Å². The molecule has 0 radical (unpaired) electrons. The van der Waals surface area contributed by atoms with Crippen LogP contribution in [0, 0.1) is 0 Å². The van der Waals surface area contributed by atoms with Crippen LogP contribution in [0.4, 0.5) is 13.2 Å². The number of hydrogen-bond acceptors (Lipinski definition) is 8. The Kier molecular flexibility index (Phi) is 10.6. The van der Waals surface area contributed by atoms with Crippen molar-refractivity contribution >= 4 is 24.1 Å². The first kappa shape index (κ1) is 31.3. The number of nitrogens with zero attached hydrogens (tertiary/aromatic N) is 1. The smallest absolute Gasteiger partial charge is 0.199 e. The van der Waals surface area contributed by atoms with Gasteiger partial charge >= 0.3 is 0 Å². The van der Waals surface area contributed by atoms with E-state index in [0.717, 1.165) is 6.08 Å². The van der Waals surface area contributed by atoms with Gasteiger partial charge in [0.2, 0.25) is 0 Å². The fourth-order valence-electron chi connectivity index (χ4n) is 4.54. The summed E-state index contributed by atoms with van der Waals surface area (Å²) in [6, 6.07) is -1.73. The van der Waals surface area contributed by atoms with E-state index in [9.17, 15) is 23.1 Å². The number of nitrogens with two attached hydrogens (primary N) is 2. The minimum atomic E-state index is -1.94. The average Bonchev–Trinajstić information content (AvgIpc) is 2.94. The van der Waals surface area contributed by atoms with Crippen molar-refractivity contribution in [3.05, 3.63) is 97.2 Å². The molecule has 0 bridgehead atoms. The number of allylic oxidation sites excluding steroid dienone is 9. The Morgan fingerprint density at radius 1 is 1.41 bits per heavy atom. The van der Waals surface area contributed by atoms with Gasteiger partial charge in [-0.25, -0.2) is 18.2 Å². The molecule has 2 aliphatic rings. The molecule has 1 aromatic heterocycles. The lowest BCUT2D eigenvalue weighted by atomic mass is 9.90. The van der Waals surface area contributed by atoms with Crippen molar-refractivity contribution in [2.75, 3.05) is 13.3 Å². The van der Waals surface area contributed by atoms with Crippen molar-refractivity contribution in [2.24, 2.45) is 16.5 Å². The predicted octanol–water partition coefficient (Wildman–Crippen LogP) is 3.24. The molecule has 3 atom stereocenters. The maximum atomic E-state index is 14.3. The van der Waals surface area contributed by atoms with Crippen LogP contribution in [0.25, 0.3) is 18.2 Å². The SMILES string of the molecule is C=c1c(=O)c(/C(=C/C=C\CF)CC)c(C(C)NC2=C(C(N)C3=CC(F)=C(O)C(F)C3)C(N)=NCN2)o/c1=C/C=C\C. The zero-order chi connectivity index (χ0) is 30.3. The molecule has 3 rings (SSSR count). The van der Waals surface area contributed by atoms with Crippen LogP contribution < -0.4 is 38.2 Å². The molecule has 0 saturated heterocycles. The number of rotatable bonds is 10. The molecule has 0 aromatic carbocycles. The lowest BCUT2D eigenvalue weighted by Gasteiger charge is -2.30. The second kappa shape index (κ2) is 13.9. The first-order chi connectivity index (χ1) is 19.5. The summed E-state index contributed by atoms with van der Waals surface area (Å²) in [7, 11) is 0. The van der Waals surface area contributed by atoms with Gasteiger partial charge in [0.05, 0.1) is 28.4 Å². The summed E-state index contributed by atoms with van der Waals surface area (Å²) in [5.74, 6) is -1.42. The fraction of sp³-hybridized carbons (Fsp3) is 0.333. The molecule has 0 amide bonds. The molecule has 0 saturated carbocycles. The highest BCUT2D eigenvalue weighted by atomic mass is 19.1. The fourth-order valence-corrected chi connectivity index (χ4v) is 4.54. The van der Waals surface area contributed by atoms with Crippen LogP contribution >= 0.6 is 0 Å². The van der Waals surface area contributed by atoms with Gasteiger partial charge in [0.25, 0.3) is 0 Å². The lowest BCUT2D eigenvalue weighted by molar-refractivity contribution is 0.239. The number of hydrogen-bond donors (Lipinski definition) is 5. The van der Waals surface area contributed by atoms with E-state index in [4.69, 9.17) is 15.9 Å². The van der Waals surface area contributed by atoms with Gasteiger partial charge in [-0.05, 0) is 43.6 Å². The summed E-state index contributed by atoms with van der Waals surface area (Å²) in [5, 5.41) is 16.0. The highest BCUT2D eigenvalue weighted by molar-refractivity contribution is 5.99. The predicted molar refractivity (Wildman–Crippen MR) is 157 cm³/mol. The molecule has 11 heteroatoms. The van der Waals surface area contributed by atoms with E-state index in [1.807, 2.05) is 13.8 Å². The van der Waals surface area contributed by atoms with Gasteiger partial charge in [0, 0.05) is 6.42 Å². The van der Waals surface area contributed by atoms with Crippen molar-refractivity contribution in [3.8, 4) is 0 Å². The van der Waals surface area contributed by atoms with Gasteiger partial charge in [0.15, 0.2) is 23.2 Å². The molecule has 3 unspecified atom stereocenters. The van der Waals surface area contributed by atoms with Gasteiger partial charge in [-0.2, -0.15) is 0 Å². The third kappa shape index (κ3) is 6.91. The van der Waals surface area contributed by atoms with Crippen LogP contribution in [0.5, 0.6) is 0 Å². The van der Waals surface area contributed by atoms with E-state index >= 15 is 0 Å². The van der Waals surface area contributed by atoms with Crippen LogP contribution in [0.2, 0.25) is 0 Å². The number of aliphatic imine (C=N–C) groups is 1. The zero-order valence-corrected chi connectivity index (χ0v) is 23.3. The second-order valence-electron chi connectivity index (χ2n) is 9.47. The monoisotopic (exact) mass is 571 g/mol. The molecule has 1 aliphatic carbocycles. The van der Waals surface area contributed by atoms with Crippen molar-refractivity contribution < 1.29 is 22.7 Å². The quantitative estimate of drug-likeness (QED) is 0.272. The Labute approximate surface area is 236 Å². The van der Waals surface area contributed by atoms with E-state index in [2.05, 4.69) is 22.2 Å². The third-order valence-corrected chi connectivity index (χ3v) is 6.71. The number of alkyl halides is 2. The summed E-state index contributed by atoms with van der Waals surface area (Å²) in [5.41, 5.74) is 13.9. The number of halogens is 3. The average molecular weight is 572 g/mol. The van der Waals surface area contributed by atoms with Gasteiger partial charge in [-0.15, -0.1) is 0 Å². The topological polar surface area (TPSA) is 139 Å². The summed E-state index contributed by atoms with van der Waals surface area (Å²) >= 11 is 0. The minimum absolute atomic E-state index is 0.0591. The van der Waals surface area contributed by atoms with Crippen molar-refractivity contribution in [2.45, 2.75) is 51.9 Å². The van der Waals surface area contributed by atoms with Crippen LogP contribution in [0.3, 0.4) is 0 Å². The van der Waals surface area contributed by atoms with Gasteiger partial charge in [-0.3, -0.25) is 4.79 Å². The van der Waals surface area contributed by atoms with Crippen LogP contribution in [-0.4, -0.2) is 36.5 Å². The molecular weight excluding hydrogens is 535 g/mol. The van der Waals surface area contributed by atoms with Crippen LogP contribution in [0.15, 0.2) is 79.2 Å². The lowest BCUT2D eigenvalue weighted by Crippen LogP contribution is -2.45. The molecule has 1 aromatic rings. The summed E-state index contributed by atoms with van der Waals surface area (Å²) < 4.78 is 47.4. The van der Waals surface area contributed by atoms with Crippen LogP contribution in [0.1, 0.15) is 51.0 Å². The van der Waals surface area contributed by atoms with E-state index in [0.29, 0.717) is 17.8 Å². The normalized spacial score (nSPS) is 20.4. The highest BCUT2D eigenvalue weighted by Gasteiger charge is 2.32. The Bertz CT molecular complexity index is 1550. The molecule has 0 spiro atoms. The largest absolute Gasteiger partial charge is 0.506 e. The standard InChI is InChI=1S/C30H36F3N5O3/c1-5-7-11-22-16(3)26(39)23(18(6-2)10-8-9-12-31)28(41-22)17(4)38-30-24(29(35)36-15-37-30)25(34)19-13-20(32)27(40)21(33)14-19/h5,7-11,13,17,21,25,37-38,40H,3,6,12,14-15,34H2,1-2,4H3,(H2,35,36)/b7-5-,9-8-,18-10+,22-11+. The Morgan fingerprint density at radius 2 is 2.15 bits per heavy atom. The maximum Gasteiger partial charge on any atom is 0.199 e. The highest BCUT2D eigenvalue weighted by Crippen LogP contribution is 2.31. The molecule has 2 heterocycles. The summed E-state index contributed by atoms with van der Waals surface area (Å²) in [6.45, 7) is 8.80.